The highest BCUT2D eigenvalue weighted by molar-refractivity contribution is 7.89. The molecule has 1 amide bonds. The first-order valence-electron chi connectivity index (χ1n) is 6.00. The van der Waals surface area contributed by atoms with Crippen LogP contribution in [0.2, 0.25) is 0 Å². The number of fused-ring (bicyclic) bond motifs is 1. The summed E-state index contributed by atoms with van der Waals surface area (Å²) in [5.74, 6) is -0.455. The molecule has 11 heteroatoms. The van der Waals surface area contributed by atoms with Crippen molar-refractivity contribution in [1.82, 2.24) is 0 Å². The quantitative estimate of drug-likeness (QED) is 0.462. The van der Waals surface area contributed by atoms with Crippen molar-refractivity contribution in [2.45, 2.75) is 16.7 Å². The number of carbonyl (C=O) groups is 1. The minimum atomic E-state index is -4.96. The molecular weight excluding hydrogens is 348 g/mol. The molecule has 0 aliphatic rings. The maximum atomic E-state index is 11.4. The Labute approximate surface area is 131 Å². The smallest absolute Gasteiger partial charge is 0.295 e. The van der Waals surface area contributed by atoms with Gasteiger partial charge < -0.3 is 11.1 Å². The van der Waals surface area contributed by atoms with Crippen molar-refractivity contribution in [1.29, 1.82) is 0 Å². The summed E-state index contributed by atoms with van der Waals surface area (Å²) in [6, 6.07) is 4.39. The van der Waals surface area contributed by atoms with E-state index in [2.05, 4.69) is 5.32 Å². The highest BCUT2D eigenvalue weighted by Crippen LogP contribution is 2.34. The Morgan fingerprint density at radius 3 is 1.91 bits per heavy atom. The molecule has 0 bridgehead atoms. The van der Waals surface area contributed by atoms with Crippen molar-refractivity contribution in [3.05, 3.63) is 24.3 Å². The van der Waals surface area contributed by atoms with Gasteiger partial charge in [-0.05, 0) is 24.3 Å². The predicted molar refractivity (Wildman–Crippen MR) is 82.3 cm³/mol. The maximum absolute atomic E-state index is 11.4. The predicted octanol–water partition coefficient (Wildman–Crippen LogP) is 0.874. The number of hydrogen-bond acceptors (Lipinski definition) is 6. The lowest BCUT2D eigenvalue weighted by Crippen LogP contribution is -2.10. The van der Waals surface area contributed by atoms with Crippen molar-refractivity contribution in [3.8, 4) is 0 Å². The Kier molecular flexibility index (Phi) is 4.07. The second-order valence-corrected chi connectivity index (χ2v) is 7.46. The Morgan fingerprint density at radius 2 is 1.48 bits per heavy atom. The molecule has 2 aromatic rings. The number of nitrogens with one attached hydrogen (secondary N) is 1. The van der Waals surface area contributed by atoms with E-state index in [1.54, 1.807) is 0 Å². The van der Waals surface area contributed by atoms with E-state index in [4.69, 9.17) is 5.73 Å². The molecule has 124 valence electrons. The fourth-order valence-corrected chi connectivity index (χ4v) is 3.87. The minimum absolute atomic E-state index is 0.0799. The molecule has 0 atom stereocenters. The van der Waals surface area contributed by atoms with E-state index in [0.29, 0.717) is 0 Å². The third-order valence-electron chi connectivity index (χ3n) is 2.98. The van der Waals surface area contributed by atoms with Crippen LogP contribution in [0.1, 0.15) is 6.92 Å². The summed E-state index contributed by atoms with van der Waals surface area (Å²) in [6.07, 6.45) is 0. The van der Waals surface area contributed by atoms with Crippen molar-refractivity contribution in [2.75, 3.05) is 11.1 Å². The number of hydrogen-bond donors (Lipinski definition) is 4. The van der Waals surface area contributed by atoms with Gasteiger partial charge >= 0.3 is 0 Å². The summed E-state index contributed by atoms with van der Waals surface area (Å²) < 4.78 is 64.0. The van der Waals surface area contributed by atoms with Crippen molar-refractivity contribution in [3.63, 3.8) is 0 Å². The van der Waals surface area contributed by atoms with Gasteiger partial charge in [-0.25, -0.2) is 0 Å². The Morgan fingerprint density at radius 1 is 1.00 bits per heavy atom. The van der Waals surface area contributed by atoms with E-state index < -0.39 is 35.9 Å². The first-order chi connectivity index (χ1) is 10.4. The number of nitrogen functional groups attached to an aromatic ring is 1. The van der Waals surface area contributed by atoms with Crippen LogP contribution in [0.3, 0.4) is 0 Å². The molecule has 23 heavy (non-hydrogen) atoms. The molecule has 0 saturated heterocycles. The van der Waals surface area contributed by atoms with E-state index in [9.17, 15) is 30.7 Å². The van der Waals surface area contributed by atoms with Crippen molar-refractivity contribution >= 4 is 48.3 Å². The average Bonchev–Trinajstić information content (AvgIpc) is 2.38. The molecule has 0 heterocycles. The van der Waals surface area contributed by atoms with Crippen LogP contribution < -0.4 is 11.1 Å². The summed E-state index contributed by atoms with van der Waals surface area (Å²) in [7, 11) is -9.90. The van der Waals surface area contributed by atoms with Gasteiger partial charge in [0.25, 0.3) is 20.2 Å². The fourth-order valence-electron chi connectivity index (χ4n) is 2.08. The molecule has 9 nitrogen and oxygen atoms in total. The largest absolute Gasteiger partial charge is 0.398 e. The molecule has 0 saturated carbocycles. The molecule has 0 aliphatic heterocycles. The van der Waals surface area contributed by atoms with Crippen LogP contribution in [-0.2, 0) is 25.0 Å². The summed E-state index contributed by atoms with van der Waals surface area (Å²) >= 11 is 0. The highest BCUT2D eigenvalue weighted by atomic mass is 32.2. The van der Waals surface area contributed by atoms with Crippen LogP contribution in [0.15, 0.2) is 34.1 Å². The summed E-state index contributed by atoms with van der Waals surface area (Å²) in [4.78, 5) is 9.17. The summed E-state index contributed by atoms with van der Waals surface area (Å²) in [5, 5.41) is 2.59. The maximum Gasteiger partial charge on any atom is 0.295 e. The fraction of sp³-hybridized carbons (Fsp3) is 0.0833. The van der Waals surface area contributed by atoms with Gasteiger partial charge in [0.1, 0.15) is 9.79 Å². The molecule has 5 N–H and O–H groups in total. The molecule has 2 rings (SSSR count). The van der Waals surface area contributed by atoms with Gasteiger partial charge in [0, 0.05) is 29.1 Å². The second-order valence-electron chi connectivity index (χ2n) is 4.68. The molecule has 2 aromatic carbocycles. The zero-order valence-corrected chi connectivity index (χ0v) is 13.3. The molecule has 0 unspecified atom stereocenters. The van der Waals surface area contributed by atoms with Crippen LogP contribution in [0.4, 0.5) is 11.4 Å². The average molecular weight is 360 g/mol. The van der Waals surface area contributed by atoms with Crippen LogP contribution in [-0.4, -0.2) is 31.8 Å². The van der Waals surface area contributed by atoms with E-state index in [1.807, 2.05) is 0 Å². The first-order valence-corrected chi connectivity index (χ1v) is 8.88. The topological polar surface area (TPSA) is 164 Å². The van der Waals surface area contributed by atoms with E-state index >= 15 is 0 Å². The van der Waals surface area contributed by atoms with E-state index in [0.717, 1.165) is 12.1 Å². The Balaban J connectivity index is 3.01. The van der Waals surface area contributed by atoms with Gasteiger partial charge in [-0.15, -0.1) is 0 Å². The summed E-state index contributed by atoms with van der Waals surface area (Å²) in [6.45, 7) is 1.22. The van der Waals surface area contributed by atoms with Crippen LogP contribution in [0.25, 0.3) is 10.8 Å². The number of benzene rings is 2. The molecule has 0 aliphatic carbocycles. The number of rotatable bonds is 3. The summed E-state index contributed by atoms with van der Waals surface area (Å²) in [5.41, 5.74) is 5.97. The number of anilines is 2. The zero-order valence-electron chi connectivity index (χ0n) is 11.6. The monoisotopic (exact) mass is 360 g/mol. The minimum Gasteiger partial charge on any atom is -0.398 e. The van der Waals surface area contributed by atoms with Crippen molar-refractivity contribution < 1.29 is 30.7 Å². The Hall–Kier alpha value is -2.21. The third-order valence-corrected chi connectivity index (χ3v) is 4.90. The number of carbonyl (C=O) groups excluding carboxylic acids is 1. The van der Waals surface area contributed by atoms with Crippen LogP contribution in [0.5, 0.6) is 0 Å². The normalized spacial score (nSPS) is 12.3. The lowest BCUT2D eigenvalue weighted by Gasteiger charge is -2.12. The SMILES string of the molecule is CC(=O)Nc1ccc(N)c2cc(S(=O)(=O)O)c(S(=O)(=O)O)cc12. The third kappa shape index (κ3) is 3.42. The molecule has 0 aromatic heterocycles. The van der Waals surface area contributed by atoms with Gasteiger partial charge in [-0.2, -0.15) is 16.8 Å². The van der Waals surface area contributed by atoms with Crippen LogP contribution >= 0.6 is 0 Å². The van der Waals surface area contributed by atoms with Gasteiger partial charge in [0.2, 0.25) is 5.91 Å². The molecule has 0 fully saturated rings. The lowest BCUT2D eigenvalue weighted by molar-refractivity contribution is -0.114. The molecular formula is C12H12N2O7S2. The van der Waals surface area contributed by atoms with E-state index in [-0.39, 0.29) is 22.1 Å². The molecule has 0 radical (unpaired) electrons. The standard InChI is InChI=1S/C12H12N2O7S2/c1-6(15)14-10-3-2-9(13)7-4-11(22(16,17)18)12(5-8(7)10)23(19,20)21/h2-5H,13H2,1H3,(H,14,15)(H,16,17,18)(H,19,20,21). The first kappa shape index (κ1) is 17.1. The zero-order chi connectivity index (χ0) is 17.6. The van der Waals surface area contributed by atoms with Crippen LogP contribution in [0, 0.1) is 0 Å². The second kappa shape index (κ2) is 5.45. The van der Waals surface area contributed by atoms with Gasteiger partial charge in [0.05, 0.1) is 0 Å². The lowest BCUT2D eigenvalue weighted by atomic mass is 10.1. The number of nitrogens with two attached hydrogens (primary N) is 1. The van der Waals surface area contributed by atoms with Crippen molar-refractivity contribution in [2.24, 2.45) is 0 Å². The number of amides is 1. The Bertz CT molecular complexity index is 1030. The highest BCUT2D eigenvalue weighted by Gasteiger charge is 2.26. The molecule has 0 spiro atoms. The van der Waals surface area contributed by atoms with E-state index in [1.165, 1.54) is 19.1 Å². The van der Waals surface area contributed by atoms with Gasteiger partial charge in [0.15, 0.2) is 0 Å². The van der Waals surface area contributed by atoms with Gasteiger partial charge in [-0.1, -0.05) is 0 Å². The van der Waals surface area contributed by atoms with Gasteiger partial charge in [-0.3, -0.25) is 13.9 Å².